The van der Waals surface area contributed by atoms with Crippen LogP contribution in [0.2, 0.25) is 0 Å². The second kappa shape index (κ2) is 12.9. The van der Waals surface area contributed by atoms with E-state index in [2.05, 4.69) is 60.8 Å². The summed E-state index contributed by atoms with van der Waals surface area (Å²) in [6.45, 7) is 2.70. The van der Waals surface area contributed by atoms with Crippen molar-refractivity contribution in [3.63, 3.8) is 0 Å². The molecule has 7 aromatic rings. The third-order valence-electron chi connectivity index (χ3n) is 7.95. The maximum Gasteiger partial charge on any atom is 0.155 e. The lowest BCUT2D eigenvalue weighted by Gasteiger charge is -2.12. The Morgan fingerprint density at radius 3 is 2.52 bits per heavy atom. The summed E-state index contributed by atoms with van der Waals surface area (Å²) in [5.74, 6) is 0.166. The number of pyridine rings is 2. The Balaban J connectivity index is 1.17. The van der Waals surface area contributed by atoms with Crippen molar-refractivity contribution in [1.29, 1.82) is 0 Å². The van der Waals surface area contributed by atoms with Gasteiger partial charge in [-0.25, -0.2) is 9.37 Å². The van der Waals surface area contributed by atoms with E-state index in [1.165, 1.54) is 11.6 Å². The highest BCUT2D eigenvalue weighted by molar-refractivity contribution is 6.01. The van der Waals surface area contributed by atoms with Gasteiger partial charge < -0.3 is 19.9 Å². The van der Waals surface area contributed by atoms with Gasteiger partial charge in [0.25, 0.3) is 0 Å². The summed E-state index contributed by atoms with van der Waals surface area (Å²) in [6.07, 6.45) is 5.58. The molecule has 3 aromatic carbocycles. The molecular weight excluding hydrogens is 577 g/mol. The Morgan fingerprint density at radius 1 is 0.804 bits per heavy atom. The molecule has 8 nitrogen and oxygen atoms in total. The van der Waals surface area contributed by atoms with Gasteiger partial charge in [-0.1, -0.05) is 42.5 Å². The van der Waals surface area contributed by atoms with Crippen molar-refractivity contribution in [3.05, 3.63) is 120 Å². The number of aromatic nitrogens is 5. The van der Waals surface area contributed by atoms with Crippen LogP contribution in [0.15, 0.2) is 104 Å². The van der Waals surface area contributed by atoms with E-state index in [0.29, 0.717) is 24.5 Å². The zero-order valence-corrected chi connectivity index (χ0v) is 25.7. The molecule has 0 radical (unpaired) electrons. The van der Waals surface area contributed by atoms with Gasteiger partial charge in [-0.3, -0.25) is 10.1 Å². The van der Waals surface area contributed by atoms with Crippen molar-refractivity contribution in [2.45, 2.75) is 13.1 Å². The second-order valence-corrected chi connectivity index (χ2v) is 11.6. The predicted octanol–water partition coefficient (Wildman–Crippen LogP) is 7.20. The molecule has 9 heteroatoms. The number of nitrogens with one attached hydrogen (secondary N) is 3. The van der Waals surface area contributed by atoms with Crippen molar-refractivity contribution < 1.29 is 9.13 Å². The van der Waals surface area contributed by atoms with Gasteiger partial charge in [0, 0.05) is 71.7 Å². The first-order chi connectivity index (χ1) is 22.5. The summed E-state index contributed by atoms with van der Waals surface area (Å²) in [7, 11) is 3.96. The molecule has 0 amide bonds. The number of H-pyrrole nitrogens is 2. The summed E-state index contributed by atoms with van der Waals surface area (Å²) in [5.41, 5.74) is 9.12. The van der Waals surface area contributed by atoms with E-state index in [4.69, 9.17) is 4.74 Å². The summed E-state index contributed by atoms with van der Waals surface area (Å²) < 4.78 is 20.6. The van der Waals surface area contributed by atoms with Crippen LogP contribution in [0.3, 0.4) is 0 Å². The quantitative estimate of drug-likeness (QED) is 0.143. The van der Waals surface area contributed by atoms with Crippen molar-refractivity contribution >= 4 is 21.9 Å². The molecule has 0 fully saturated rings. The molecule has 4 heterocycles. The number of hydrogen-bond donors (Lipinski definition) is 3. The van der Waals surface area contributed by atoms with Gasteiger partial charge in [-0.2, -0.15) is 5.10 Å². The smallest absolute Gasteiger partial charge is 0.155 e. The van der Waals surface area contributed by atoms with Gasteiger partial charge in [-0.05, 0) is 72.7 Å². The third-order valence-corrected chi connectivity index (χ3v) is 7.95. The minimum Gasteiger partial charge on any atom is -0.492 e. The van der Waals surface area contributed by atoms with Crippen LogP contribution in [-0.4, -0.2) is 57.3 Å². The standard InChI is InChI=1S/C37H34FN7O/c1-45(2)11-12-46-30-15-26(14-29(38)17-30)31-9-6-10-34-32(31)18-35(42-34)36-33-16-28(23-41-37(33)44-43-36)27-13-25(21-40-22-27)20-39-19-24-7-4-3-5-8-24/h3-10,13-18,21-23,39,42H,11-12,19-20H2,1-2H3,(H,41,43,44). The summed E-state index contributed by atoms with van der Waals surface area (Å²) in [4.78, 5) is 14.7. The van der Waals surface area contributed by atoms with E-state index in [9.17, 15) is 4.39 Å². The Morgan fingerprint density at radius 2 is 1.65 bits per heavy atom. The largest absolute Gasteiger partial charge is 0.492 e. The molecule has 0 aliphatic heterocycles. The van der Waals surface area contributed by atoms with Crippen LogP contribution >= 0.6 is 0 Å². The van der Waals surface area contributed by atoms with E-state index in [-0.39, 0.29) is 5.82 Å². The van der Waals surface area contributed by atoms with Crippen molar-refractivity contribution in [2.75, 3.05) is 27.2 Å². The first-order valence-electron chi connectivity index (χ1n) is 15.2. The Hall–Kier alpha value is -5.38. The zero-order valence-electron chi connectivity index (χ0n) is 25.7. The minimum atomic E-state index is -0.340. The average molecular weight is 612 g/mol. The van der Waals surface area contributed by atoms with Crippen molar-refractivity contribution in [1.82, 2.24) is 35.4 Å². The van der Waals surface area contributed by atoms with E-state index in [1.807, 2.05) is 80.1 Å². The van der Waals surface area contributed by atoms with Crippen LogP contribution in [0.1, 0.15) is 11.1 Å². The number of benzene rings is 3. The monoisotopic (exact) mass is 611 g/mol. The number of fused-ring (bicyclic) bond motifs is 2. The average Bonchev–Trinajstić information content (AvgIpc) is 3.69. The van der Waals surface area contributed by atoms with Gasteiger partial charge >= 0.3 is 0 Å². The number of nitrogens with zero attached hydrogens (tertiary/aromatic N) is 4. The number of aromatic amines is 2. The maximum atomic E-state index is 14.7. The Labute approximate surface area is 266 Å². The molecule has 0 atom stereocenters. The summed E-state index contributed by atoms with van der Waals surface area (Å²) in [6, 6.07) is 27.5. The lowest BCUT2D eigenvalue weighted by molar-refractivity contribution is 0.260. The highest BCUT2D eigenvalue weighted by atomic mass is 19.1. The number of halogens is 1. The van der Waals surface area contributed by atoms with Gasteiger partial charge in [0.2, 0.25) is 0 Å². The van der Waals surface area contributed by atoms with Crippen LogP contribution in [-0.2, 0) is 13.1 Å². The zero-order chi connectivity index (χ0) is 31.5. The molecular formula is C37H34FN7O. The van der Waals surface area contributed by atoms with E-state index < -0.39 is 0 Å². The topological polar surface area (TPSA) is 94.8 Å². The third kappa shape index (κ3) is 6.37. The summed E-state index contributed by atoms with van der Waals surface area (Å²) >= 11 is 0. The highest BCUT2D eigenvalue weighted by Crippen LogP contribution is 2.36. The first-order valence-corrected chi connectivity index (χ1v) is 15.2. The number of likely N-dealkylation sites (N-methyl/N-ethyl adjacent to an activating group) is 1. The molecule has 0 aliphatic rings. The lowest BCUT2D eigenvalue weighted by atomic mass is 10.0. The number of hydrogen-bond acceptors (Lipinski definition) is 6. The fraction of sp³-hybridized carbons (Fsp3) is 0.162. The van der Waals surface area contributed by atoms with Crippen LogP contribution in [0.25, 0.3) is 55.6 Å². The molecule has 3 N–H and O–H groups in total. The Kier molecular flexibility index (Phi) is 8.24. The SMILES string of the molecule is CN(C)CCOc1cc(F)cc(-c2cccc3[nH]c(-c4n[nH]c5ncc(-c6cncc(CNCc7ccccc7)c6)cc45)cc23)c1. The molecule has 0 unspecified atom stereocenters. The highest BCUT2D eigenvalue weighted by Gasteiger charge is 2.16. The molecule has 46 heavy (non-hydrogen) atoms. The Bertz CT molecular complexity index is 2120. The van der Waals surface area contributed by atoms with Gasteiger partial charge in [0.15, 0.2) is 5.65 Å². The number of rotatable bonds is 11. The van der Waals surface area contributed by atoms with Crippen LogP contribution in [0.4, 0.5) is 4.39 Å². The first kappa shape index (κ1) is 29.3. The molecule has 7 rings (SSSR count). The van der Waals surface area contributed by atoms with Gasteiger partial charge in [0.05, 0.1) is 5.69 Å². The second-order valence-electron chi connectivity index (χ2n) is 11.6. The molecule has 0 aliphatic carbocycles. The molecule has 0 saturated carbocycles. The molecule has 0 spiro atoms. The normalized spacial score (nSPS) is 11.6. The summed E-state index contributed by atoms with van der Waals surface area (Å²) in [5, 5.41) is 13.1. The fourth-order valence-electron chi connectivity index (χ4n) is 5.64. The van der Waals surface area contributed by atoms with Crippen LogP contribution in [0.5, 0.6) is 5.75 Å². The van der Waals surface area contributed by atoms with Crippen LogP contribution in [0, 0.1) is 5.82 Å². The lowest BCUT2D eigenvalue weighted by Crippen LogP contribution is -2.19. The van der Waals surface area contributed by atoms with Gasteiger partial charge in [-0.15, -0.1) is 0 Å². The fourth-order valence-corrected chi connectivity index (χ4v) is 5.64. The predicted molar refractivity (Wildman–Crippen MR) is 181 cm³/mol. The van der Waals surface area contributed by atoms with E-state index in [0.717, 1.165) is 68.6 Å². The number of ether oxygens (including phenoxy) is 1. The van der Waals surface area contributed by atoms with Crippen molar-refractivity contribution in [3.8, 4) is 39.4 Å². The molecule has 0 bridgehead atoms. The minimum absolute atomic E-state index is 0.340. The molecule has 0 saturated heterocycles. The van der Waals surface area contributed by atoms with Crippen molar-refractivity contribution in [2.24, 2.45) is 0 Å². The van der Waals surface area contributed by atoms with Gasteiger partial charge in [0.1, 0.15) is 23.9 Å². The molecule has 4 aromatic heterocycles. The van der Waals surface area contributed by atoms with E-state index >= 15 is 0 Å². The van der Waals surface area contributed by atoms with E-state index in [1.54, 1.807) is 6.07 Å². The maximum absolute atomic E-state index is 14.7. The van der Waals surface area contributed by atoms with Crippen LogP contribution < -0.4 is 10.1 Å². The molecule has 230 valence electrons.